The van der Waals surface area contributed by atoms with Crippen LogP contribution in [0.2, 0.25) is 0 Å². The van der Waals surface area contributed by atoms with E-state index in [0.29, 0.717) is 5.92 Å². The molecule has 25 heavy (non-hydrogen) atoms. The van der Waals surface area contributed by atoms with Crippen molar-refractivity contribution in [1.82, 2.24) is 10.2 Å². The molecule has 1 N–H and O–H groups in total. The Bertz CT molecular complexity index is 573. The average molecular weight is 341 g/mol. The molecule has 3 fully saturated rings. The van der Waals surface area contributed by atoms with E-state index in [-0.39, 0.29) is 5.91 Å². The van der Waals surface area contributed by atoms with E-state index in [1.54, 1.807) is 0 Å². The number of amides is 1. The van der Waals surface area contributed by atoms with Crippen LogP contribution in [0.3, 0.4) is 0 Å². The van der Waals surface area contributed by atoms with Gasteiger partial charge in [-0.2, -0.15) is 0 Å². The Morgan fingerprint density at radius 3 is 2.40 bits per heavy atom. The molecule has 1 amide bonds. The van der Waals surface area contributed by atoms with Crippen LogP contribution in [0.4, 0.5) is 5.69 Å². The second-order valence-electron chi connectivity index (χ2n) is 8.04. The van der Waals surface area contributed by atoms with Crippen LogP contribution in [0.25, 0.3) is 0 Å². The van der Waals surface area contributed by atoms with Crippen molar-refractivity contribution >= 4 is 11.6 Å². The Hall–Kier alpha value is -1.55. The molecule has 3 aliphatic rings. The monoisotopic (exact) mass is 341 g/mol. The van der Waals surface area contributed by atoms with Crippen LogP contribution in [0.15, 0.2) is 24.3 Å². The summed E-state index contributed by atoms with van der Waals surface area (Å²) in [5.41, 5.74) is 2.03. The number of nitrogens with zero attached hydrogens (tertiary/aromatic N) is 2. The van der Waals surface area contributed by atoms with Gasteiger partial charge in [0.2, 0.25) is 0 Å². The van der Waals surface area contributed by atoms with Gasteiger partial charge in [0, 0.05) is 43.5 Å². The maximum Gasteiger partial charge on any atom is 0.251 e. The molecule has 4 heteroatoms. The van der Waals surface area contributed by atoms with Crippen molar-refractivity contribution in [1.29, 1.82) is 0 Å². The van der Waals surface area contributed by atoms with Gasteiger partial charge >= 0.3 is 0 Å². The first-order valence-corrected chi connectivity index (χ1v) is 10.2. The fraction of sp³-hybridized carbons (Fsp3) is 0.667. The second-order valence-corrected chi connectivity index (χ2v) is 8.04. The molecule has 0 aromatic heterocycles. The van der Waals surface area contributed by atoms with Crippen molar-refractivity contribution in [3.8, 4) is 0 Å². The van der Waals surface area contributed by atoms with E-state index in [9.17, 15) is 4.79 Å². The molecule has 0 bridgehead atoms. The Balaban J connectivity index is 1.24. The van der Waals surface area contributed by atoms with Crippen LogP contribution in [0.1, 0.15) is 55.3 Å². The van der Waals surface area contributed by atoms with E-state index in [0.717, 1.165) is 31.2 Å². The van der Waals surface area contributed by atoms with Crippen molar-refractivity contribution in [2.75, 3.05) is 37.6 Å². The van der Waals surface area contributed by atoms with Crippen LogP contribution >= 0.6 is 0 Å². The summed E-state index contributed by atoms with van der Waals surface area (Å²) in [5, 5.41) is 3.16. The van der Waals surface area contributed by atoms with Crippen molar-refractivity contribution in [2.45, 2.75) is 51.0 Å². The molecule has 1 atom stereocenters. The summed E-state index contributed by atoms with van der Waals surface area (Å²) in [6.07, 6.45) is 9.34. The largest absolute Gasteiger partial charge is 0.372 e. The lowest BCUT2D eigenvalue weighted by Crippen LogP contribution is -2.34. The van der Waals surface area contributed by atoms with E-state index >= 15 is 0 Å². The molecule has 1 unspecified atom stereocenters. The molecule has 1 saturated carbocycles. The molecule has 1 aromatic carbocycles. The van der Waals surface area contributed by atoms with Crippen molar-refractivity contribution in [3.05, 3.63) is 29.8 Å². The van der Waals surface area contributed by atoms with E-state index in [1.165, 1.54) is 63.7 Å². The predicted octanol–water partition coefficient (Wildman–Crippen LogP) is 3.28. The van der Waals surface area contributed by atoms with Crippen LogP contribution in [-0.2, 0) is 0 Å². The van der Waals surface area contributed by atoms with E-state index in [2.05, 4.69) is 27.2 Å². The summed E-state index contributed by atoms with van der Waals surface area (Å²) >= 11 is 0. The van der Waals surface area contributed by atoms with E-state index in [4.69, 9.17) is 0 Å². The minimum absolute atomic E-state index is 0.0762. The third-order valence-electron chi connectivity index (χ3n) is 6.31. The highest BCUT2D eigenvalue weighted by atomic mass is 16.1. The quantitative estimate of drug-likeness (QED) is 0.893. The zero-order valence-corrected chi connectivity index (χ0v) is 15.3. The Labute approximate surface area is 151 Å². The molecule has 4 nitrogen and oxygen atoms in total. The molecule has 0 spiro atoms. The van der Waals surface area contributed by atoms with Crippen LogP contribution in [-0.4, -0.2) is 49.6 Å². The molecular formula is C21H31N3O. The smallest absolute Gasteiger partial charge is 0.251 e. The van der Waals surface area contributed by atoms with Gasteiger partial charge in [-0.1, -0.05) is 12.8 Å². The van der Waals surface area contributed by atoms with Gasteiger partial charge < -0.3 is 15.1 Å². The van der Waals surface area contributed by atoms with Crippen molar-refractivity contribution in [3.63, 3.8) is 0 Å². The molecule has 136 valence electrons. The highest BCUT2D eigenvalue weighted by Gasteiger charge is 2.29. The second kappa shape index (κ2) is 7.77. The number of carbonyl (C=O) groups excluding carboxylic acids is 1. The molecule has 2 heterocycles. The maximum absolute atomic E-state index is 12.4. The van der Waals surface area contributed by atoms with Gasteiger partial charge in [0.25, 0.3) is 5.91 Å². The standard InChI is InChI=1S/C21H31N3O/c25-21(18-7-9-20(10-8-18)23-12-3-4-13-23)22-15-17-11-14-24(16-17)19-5-1-2-6-19/h7-10,17,19H,1-6,11-16H2,(H,22,25). The molecule has 1 aliphatic carbocycles. The molecule has 0 radical (unpaired) electrons. The number of likely N-dealkylation sites (tertiary alicyclic amines) is 1. The highest BCUT2D eigenvalue weighted by molar-refractivity contribution is 5.94. The number of hydrogen-bond acceptors (Lipinski definition) is 3. The number of anilines is 1. The topological polar surface area (TPSA) is 35.6 Å². The Kier molecular flexibility index (Phi) is 5.25. The summed E-state index contributed by atoms with van der Waals surface area (Å²) < 4.78 is 0. The fourth-order valence-corrected chi connectivity index (χ4v) is 4.77. The lowest BCUT2D eigenvalue weighted by Gasteiger charge is -2.23. The lowest BCUT2D eigenvalue weighted by atomic mass is 10.1. The van der Waals surface area contributed by atoms with E-state index in [1.807, 2.05) is 12.1 Å². The predicted molar refractivity (Wildman–Crippen MR) is 102 cm³/mol. The van der Waals surface area contributed by atoms with Gasteiger partial charge in [0.15, 0.2) is 0 Å². The summed E-state index contributed by atoms with van der Waals surface area (Å²) in [7, 11) is 0. The summed E-state index contributed by atoms with van der Waals surface area (Å²) in [6, 6.07) is 8.96. The zero-order valence-electron chi connectivity index (χ0n) is 15.3. The molecule has 2 aliphatic heterocycles. The van der Waals surface area contributed by atoms with Gasteiger partial charge in [-0.3, -0.25) is 4.79 Å². The average Bonchev–Trinajstić information content (AvgIpc) is 3.42. The van der Waals surface area contributed by atoms with Crippen LogP contribution in [0, 0.1) is 5.92 Å². The molecular weight excluding hydrogens is 310 g/mol. The van der Waals surface area contributed by atoms with Crippen LogP contribution < -0.4 is 10.2 Å². The first-order chi connectivity index (χ1) is 12.3. The number of carbonyl (C=O) groups is 1. The minimum Gasteiger partial charge on any atom is -0.372 e. The van der Waals surface area contributed by atoms with Crippen molar-refractivity contribution < 1.29 is 4.79 Å². The summed E-state index contributed by atoms with van der Waals surface area (Å²) in [5.74, 6) is 0.695. The molecule has 2 saturated heterocycles. The Morgan fingerprint density at radius 2 is 1.68 bits per heavy atom. The number of benzene rings is 1. The first kappa shape index (κ1) is 16.9. The maximum atomic E-state index is 12.4. The lowest BCUT2D eigenvalue weighted by molar-refractivity contribution is 0.0947. The SMILES string of the molecule is O=C(NCC1CCN(C2CCCC2)C1)c1ccc(N2CCCC2)cc1. The molecule has 1 aromatic rings. The first-order valence-electron chi connectivity index (χ1n) is 10.2. The number of rotatable bonds is 5. The molecule has 4 rings (SSSR count). The van der Waals surface area contributed by atoms with Gasteiger partial charge in [-0.15, -0.1) is 0 Å². The third-order valence-corrected chi connectivity index (χ3v) is 6.31. The van der Waals surface area contributed by atoms with Crippen LogP contribution in [0.5, 0.6) is 0 Å². The normalized spacial score (nSPS) is 25.0. The highest BCUT2D eigenvalue weighted by Crippen LogP contribution is 2.28. The number of hydrogen-bond donors (Lipinski definition) is 1. The van der Waals surface area contributed by atoms with Gasteiger partial charge in [-0.25, -0.2) is 0 Å². The zero-order chi connectivity index (χ0) is 17.1. The summed E-state index contributed by atoms with van der Waals surface area (Å²) in [6.45, 7) is 5.49. The number of nitrogens with one attached hydrogen (secondary N) is 1. The van der Waals surface area contributed by atoms with E-state index < -0.39 is 0 Å². The third kappa shape index (κ3) is 4.00. The van der Waals surface area contributed by atoms with Gasteiger partial charge in [0.1, 0.15) is 0 Å². The van der Waals surface area contributed by atoms with Gasteiger partial charge in [-0.05, 0) is 68.8 Å². The van der Waals surface area contributed by atoms with Gasteiger partial charge in [0.05, 0.1) is 0 Å². The fourth-order valence-electron chi connectivity index (χ4n) is 4.77. The Morgan fingerprint density at radius 1 is 0.960 bits per heavy atom. The summed E-state index contributed by atoms with van der Waals surface area (Å²) in [4.78, 5) is 17.5. The van der Waals surface area contributed by atoms with Crippen molar-refractivity contribution in [2.24, 2.45) is 5.92 Å². The minimum atomic E-state index is 0.0762.